The fourth-order valence-electron chi connectivity index (χ4n) is 3.50. The van der Waals surface area contributed by atoms with Gasteiger partial charge < -0.3 is 20.1 Å². The molecule has 0 aliphatic heterocycles. The van der Waals surface area contributed by atoms with Crippen LogP contribution in [-0.4, -0.2) is 53.6 Å². The molecule has 3 rings (SSSR count). The van der Waals surface area contributed by atoms with E-state index in [2.05, 4.69) is 10.6 Å². The number of rotatable bonds is 12. The zero-order valence-corrected chi connectivity index (χ0v) is 21.9. The van der Waals surface area contributed by atoms with Gasteiger partial charge in [-0.05, 0) is 62.4 Å². The molecule has 0 aromatic heterocycles. The third-order valence-electron chi connectivity index (χ3n) is 5.37. The molecule has 0 fully saturated rings. The highest BCUT2D eigenvalue weighted by Gasteiger charge is 2.28. The van der Waals surface area contributed by atoms with Crippen LogP contribution >= 0.6 is 0 Å². The zero-order chi connectivity index (χ0) is 26.8. The summed E-state index contributed by atoms with van der Waals surface area (Å²) in [5, 5.41) is 5.40. The van der Waals surface area contributed by atoms with E-state index in [0.29, 0.717) is 31.2 Å². The van der Waals surface area contributed by atoms with E-state index in [1.54, 1.807) is 60.7 Å². The Morgan fingerprint density at radius 2 is 1.62 bits per heavy atom. The van der Waals surface area contributed by atoms with Gasteiger partial charge in [0.15, 0.2) is 0 Å². The standard InChI is InChI=1S/C27H31N3O6S/c1-4-36-22-13-15-23(16-14-22)37(33,34)30(21-11-9-20(2)10-12-21)19-26(31)29-25-8-6-5-7-24(25)27(32)28-17-18-35-3/h5-16H,4,17-19H2,1-3H3,(H,28,32)(H,29,31). The minimum Gasteiger partial charge on any atom is -0.494 e. The second kappa shape index (κ2) is 12.9. The monoisotopic (exact) mass is 525 g/mol. The predicted octanol–water partition coefficient (Wildman–Crippen LogP) is 3.60. The number of benzene rings is 3. The highest BCUT2D eigenvalue weighted by Crippen LogP contribution is 2.26. The molecule has 3 aromatic rings. The largest absolute Gasteiger partial charge is 0.494 e. The molecule has 0 heterocycles. The topological polar surface area (TPSA) is 114 Å². The lowest BCUT2D eigenvalue weighted by Crippen LogP contribution is -2.38. The number of carbonyl (C=O) groups excluding carboxylic acids is 2. The van der Waals surface area contributed by atoms with Gasteiger partial charge in [0.2, 0.25) is 5.91 Å². The first-order valence-corrected chi connectivity index (χ1v) is 13.2. The molecule has 3 aromatic carbocycles. The number of hydrogen-bond donors (Lipinski definition) is 2. The molecule has 196 valence electrons. The maximum absolute atomic E-state index is 13.6. The average molecular weight is 526 g/mol. The second-order valence-electron chi connectivity index (χ2n) is 8.09. The summed E-state index contributed by atoms with van der Waals surface area (Å²) in [4.78, 5) is 25.7. The summed E-state index contributed by atoms with van der Waals surface area (Å²) in [5.74, 6) is -0.445. The molecule has 0 saturated carbocycles. The van der Waals surface area contributed by atoms with Crippen LogP contribution in [0.1, 0.15) is 22.8 Å². The number of nitrogens with one attached hydrogen (secondary N) is 2. The summed E-state index contributed by atoms with van der Waals surface area (Å²) in [7, 11) is -2.57. The molecule has 0 atom stereocenters. The van der Waals surface area contributed by atoms with Crippen molar-refractivity contribution in [1.82, 2.24) is 5.32 Å². The summed E-state index contributed by atoms with van der Waals surface area (Å²) in [6, 6.07) is 19.4. The van der Waals surface area contributed by atoms with Gasteiger partial charge >= 0.3 is 0 Å². The molecular weight excluding hydrogens is 494 g/mol. The number of aryl methyl sites for hydroxylation is 1. The first kappa shape index (κ1) is 27.7. The van der Waals surface area contributed by atoms with Crippen LogP contribution in [0.4, 0.5) is 11.4 Å². The van der Waals surface area contributed by atoms with Gasteiger partial charge in [-0.25, -0.2) is 8.42 Å². The SMILES string of the molecule is CCOc1ccc(S(=O)(=O)N(CC(=O)Nc2ccccc2C(=O)NCCOC)c2ccc(C)cc2)cc1. The molecule has 0 unspecified atom stereocenters. The number of para-hydroxylation sites is 1. The molecule has 37 heavy (non-hydrogen) atoms. The van der Waals surface area contributed by atoms with Crippen LogP contribution in [-0.2, 0) is 19.6 Å². The summed E-state index contributed by atoms with van der Waals surface area (Å²) < 4.78 is 38.7. The van der Waals surface area contributed by atoms with Gasteiger partial charge in [-0.2, -0.15) is 0 Å². The fourth-order valence-corrected chi connectivity index (χ4v) is 4.92. The third-order valence-corrected chi connectivity index (χ3v) is 7.16. The first-order valence-electron chi connectivity index (χ1n) is 11.7. The van der Waals surface area contributed by atoms with E-state index in [1.807, 2.05) is 13.8 Å². The summed E-state index contributed by atoms with van der Waals surface area (Å²) in [6.45, 7) is 4.32. The van der Waals surface area contributed by atoms with Crippen molar-refractivity contribution in [2.24, 2.45) is 0 Å². The van der Waals surface area contributed by atoms with E-state index in [4.69, 9.17) is 9.47 Å². The molecule has 0 aliphatic carbocycles. The maximum atomic E-state index is 13.6. The van der Waals surface area contributed by atoms with Crippen molar-refractivity contribution in [1.29, 1.82) is 0 Å². The van der Waals surface area contributed by atoms with Crippen LogP contribution in [0, 0.1) is 6.92 Å². The first-order chi connectivity index (χ1) is 17.8. The van der Waals surface area contributed by atoms with Crippen LogP contribution in [0.25, 0.3) is 0 Å². The van der Waals surface area contributed by atoms with Gasteiger partial charge in [0.05, 0.1) is 35.0 Å². The molecular formula is C27H31N3O6S. The van der Waals surface area contributed by atoms with Crippen molar-refractivity contribution in [3.63, 3.8) is 0 Å². The van der Waals surface area contributed by atoms with Crippen LogP contribution in [0.5, 0.6) is 5.75 Å². The highest BCUT2D eigenvalue weighted by atomic mass is 32.2. The fraction of sp³-hybridized carbons (Fsp3) is 0.259. The van der Waals surface area contributed by atoms with Gasteiger partial charge in [0.25, 0.3) is 15.9 Å². The Labute approximate surface area is 217 Å². The Morgan fingerprint density at radius 1 is 0.946 bits per heavy atom. The van der Waals surface area contributed by atoms with E-state index < -0.39 is 22.5 Å². The Kier molecular flexibility index (Phi) is 9.64. The van der Waals surface area contributed by atoms with Crippen LogP contribution in [0.2, 0.25) is 0 Å². The Balaban J connectivity index is 1.88. The molecule has 10 heteroatoms. The van der Waals surface area contributed by atoms with E-state index >= 15 is 0 Å². The van der Waals surface area contributed by atoms with Crippen LogP contribution in [0.3, 0.4) is 0 Å². The number of anilines is 2. The molecule has 0 aliphatic rings. The number of amides is 2. The Hall–Kier alpha value is -3.89. The van der Waals surface area contributed by atoms with E-state index in [-0.39, 0.29) is 22.1 Å². The summed E-state index contributed by atoms with van der Waals surface area (Å²) >= 11 is 0. The number of sulfonamides is 1. The highest BCUT2D eigenvalue weighted by molar-refractivity contribution is 7.92. The quantitative estimate of drug-likeness (QED) is 0.349. The zero-order valence-electron chi connectivity index (χ0n) is 21.1. The van der Waals surface area contributed by atoms with Crippen molar-refractivity contribution < 1.29 is 27.5 Å². The van der Waals surface area contributed by atoms with Gasteiger partial charge in [-0.1, -0.05) is 29.8 Å². The Bertz CT molecular complexity index is 1310. The molecule has 9 nitrogen and oxygen atoms in total. The minimum atomic E-state index is -4.10. The van der Waals surface area contributed by atoms with Crippen molar-refractivity contribution in [3.05, 3.63) is 83.9 Å². The second-order valence-corrected chi connectivity index (χ2v) is 9.96. The summed E-state index contributed by atoms with van der Waals surface area (Å²) in [6.07, 6.45) is 0. The molecule has 2 amide bonds. The Morgan fingerprint density at radius 3 is 2.27 bits per heavy atom. The molecule has 2 N–H and O–H groups in total. The van der Waals surface area contributed by atoms with Crippen molar-refractivity contribution in [2.45, 2.75) is 18.7 Å². The molecule has 0 bridgehead atoms. The lowest BCUT2D eigenvalue weighted by Gasteiger charge is -2.24. The van der Waals surface area contributed by atoms with Crippen molar-refractivity contribution >= 4 is 33.2 Å². The lowest BCUT2D eigenvalue weighted by atomic mass is 10.1. The smallest absolute Gasteiger partial charge is 0.264 e. The van der Waals surface area contributed by atoms with Crippen molar-refractivity contribution in [3.8, 4) is 5.75 Å². The lowest BCUT2D eigenvalue weighted by molar-refractivity contribution is -0.114. The minimum absolute atomic E-state index is 0.0160. The van der Waals surface area contributed by atoms with Crippen molar-refractivity contribution in [2.75, 3.05) is 43.0 Å². The van der Waals surface area contributed by atoms with Gasteiger partial charge in [-0.3, -0.25) is 13.9 Å². The molecule has 0 spiro atoms. The average Bonchev–Trinajstić information content (AvgIpc) is 2.89. The number of carbonyl (C=O) groups is 2. The maximum Gasteiger partial charge on any atom is 0.264 e. The summed E-state index contributed by atoms with van der Waals surface area (Å²) in [5.41, 5.74) is 1.80. The normalized spacial score (nSPS) is 11.0. The third kappa shape index (κ3) is 7.31. The van der Waals surface area contributed by atoms with Crippen LogP contribution < -0.4 is 19.7 Å². The van der Waals surface area contributed by atoms with Gasteiger partial charge in [0, 0.05) is 13.7 Å². The number of methoxy groups -OCH3 is 1. The van der Waals surface area contributed by atoms with E-state index in [1.165, 1.54) is 19.2 Å². The number of ether oxygens (including phenoxy) is 2. The van der Waals surface area contributed by atoms with Crippen LogP contribution in [0.15, 0.2) is 77.7 Å². The molecule has 0 radical (unpaired) electrons. The van der Waals surface area contributed by atoms with E-state index in [0.717, 1.165) is 9.87 Å². The number of nitrogens with zero attached hydrogens (tertiary/aromatic N) is 1. The predicted molar refractivity (Wildman–Crippen MR) is 143 cm³/mol. The molecule has 0 saturated heterocycles. The van der Waals surface area contributed by atoms with Gasteiger partial charge in [0.1, 0.15) is 12.3 Å². The van der Waals surface area contributed by atoms with Gasteiger partial charge in [-0.15, -0.1) is 0 Å². The number of hydrogen-bond acceptors (Lipinski definition) is 6. The van der Waals surface area contributed by atoms with E-state index in [9.17, 15) is 18.0 Å².